The smallest absolute Gasteiger partial charge is 0.202 e. The molecule has 4 aromatic rings. The Hall–Kier alpha value is -3.58. The zero-order valence-corrected chi connectivity index (χ0v) is 20.9. The Balaban J connectivity index is 1.41. The van der Waals surface area contributed by atoms with Crippen molar-refractivity contribution in [3.63, 3.8) is 0 Å². The van der Waals surface area contributed by atoms with E-state index < -0.39 is 6.04 Å². The standard InChI is InChI=1S/C30H33N5O/c1-3-15-34(2)19-24-8-4-5-10-26(24)22-11-13-23(14-12-22)28-30(36)29-27(18-32-28)33-20-35(29)25-9-6-7-21(16-25)17-31/h4-14,16,20,28,32H,3,15,17-19,31H2,1-2H3. The van der Waals surface area contributed by atoms with Gasteiger partial charge in [0.25, 0.3) is 0 Å². The summed E-state index contributed by atoms with van der Waals surface area (Å²) >= 11 is 0. The highest BCUT2D eigenvalue weighted by Crippen LogP contribution is 2.30. The molecule has 2 heterocycles. The monoisotopic (exact) mass is 479 g/mol. The molecular weight excluding hydrogens is 446 g/mol. The first-order valence-corrected chi connectivity index (χ1v) is 12.6. The van der Waals surface area contributed by atoms with Crippen LogP contribution < -0.4 is 11.1 Å². The molecule has 1 atom stereocenters. The minimum Gasteiger partial charge on any atom is -0.326 e. The minimum atomic E-state index is -0.411. The number of hydrogen-bond donors (Lipinski definition) is 2. The number of benzene rings is 3. The van der Waals surface area contributed by atoms with Crippen molar-refractivity contribution in [2.24, 2.45) is 5.73 Å². The molecule has 36 heavy (non-hydrogen) atoms. The van der Waals surface area contributed by atoms with Crippen molar-refractivity contribution in [3.8, 4) is 16.8 Å². The molecule has 5 rings (SSSR count). The van der Waals surface area contributed by atoms with Gasteiger partial charge in [0.05, 0.1) is 11.7 Å². The summed E-state index contributed by atoms with van der Waals surface area (Å²) < 4.78 is 1.89. The van der Waals surface area contributed by atoms with Crippen molar-refractivity contribution in [1.29, 1.82) is 0 Å². The van der Waals surface area contributed by atoms with Crippen molar-refractivity contribution < 1.29 is 4.79 Å². The maximum atomic E-state index is 13.7. The van der Waals surface area contributed by atoms with Crippen molar-refractivity contribution in [2.75, 3.05) is 13.6 Å². The van der Waals surface area contributed by atoms with Crippen LogP contribution >= 0.6 is 0 Å². The lowest BCUT2D eigenvalue weighted by molar-refractivity contribution is 0.0922. The van der Waals surface area contributed by atoms with Crippen LogP contribution in [0.1, 0.15) is 52.3 Å². The number of aromatic nitrogens is 2. The lowest BCUT2D eigenvalue weighted by Gasteiger charge is -2.24. The predicted molar refractivity (Wildman–Crippen MR) is 144 cm³/mol. The van der Waals surface area contributed by atoms with Crippen LogP contribution in [-0.2, 0) is 19.6 Å². The molecule has 0 bridgehead atoms. The summed E-state index contributed by atoms with van der Waals surface area (Å²) in [7, 11) is 2.16. The van der Waals surface area contributed by atoms with Crippen LogP contribution in [0.15, 0.2) is 79.1 Å². The minimum absolute atomic E-state index is 0.0289. The van der Waals surface area contributed by atoms with E-state index in [9.17, 15) is 4.79 Å². The number of nitrogens with one attached hydrogen (secondary N) is 1. The molecule has 1 unspecified atom stereocenters. The molecule has 6 heteroatoms. The number of Topliss-reactive ketones (excluding diaryl/α,β-unsaturated/α-hetero) is 1. The lowest BCUT2D eigenvalue weighted by Crippen LogP contribution is -2.35. The molecule has 0 saturated carbocycles. The zero-order valence-electron chi connectivity index (χ0n) is 20.9. The number of carbonyl (C=O) groups is 1. The second-order valence-electron chi connectivity index (χ2n) is 9.48. The number of carbonyl (C=O) groups excluding carboxylic acids is 1. The number of hydrogen-bond acceptors (Lipinski definition) is 5. The molecule has 0 spiro atoms. The molecule has 0 aliphatic carbocycles. The molecule has 0 amide bonds. The van der Waals surface area contributed by atoms with Gasteiger partial charge >= 0.3 is 0 Å². The number of imidazole rings is 1. The molecule has 1 aromatic heterocycles. The maximum absolute atomic E-state index is 13.7. The van der Waals surface area contributed by atoms with Crippen LogP contribution in [0.2, 0.25) is 0 Å². The van der Waals surface area contributed by atoms with Crippen molar-refractivity contribution >= 4 is 5.78 Å². The summed E-state index contributed by atoms with van der Waals surface area (Å²) in [6, 6.07) is 24.5. The van der Waals surface area contributed by atoms with Gasteiger partial charge in [0, 0.05) is 25.3 Å². The van der Waals surface area contributed by atoms with Crippen LogP contribution in [0.4, 0.5) is 0 Å². The van der Waals surface area contributed by atoms with E-state index in [1.807, 2.05) is 28.8 Å². The van der Waals surface area contributed by atoms with E-state index >= 15 is 0 Å². The van der Waals surface area contributed by atoms with E-state index in [1.54, 1.807) is 6.33 Å². The summed E-state index contributed by atoms with van der Waals surface area (Å²) in [5.41, 5.74) is 13.8. The highest BCUT2D eigenvalue weighted by atomic mass is 16.1. The summed E-state index contributed by atoms with van der Waals surface area (Å²) in [5, 5.41) is 3.39. The van der Waals surface area contributed by atoms with E-state index in [0.717, 1.165) is 47.6 Å². The van der Waals surface area contributed by atoms with Gasteiger partial charge in [-0.15, -0.1) is 0 Å². The van der Waals surface area contributed by atoms with Gasteiger partial charge in [0.1, 0.15) is 12.0 Å². The number of fused-ring (bicyclic) bond motifs is 1. The molecule has 1 aliphatic rings. The molecule has 0 fully saturated rings. The average Bonchev–Trinajstić information content (AvgIpc) is 3.35. The van der Waals surface area contributed by atoms with E-state index in [1.165, 1.54) is 11.1 Å². The summed E-state index contributed by atoms with van der Waals surface area (Å²) in [6.45, 7) is 5.18. The molecule has 0 saturated heterocycles. The molecule has 0 radical (unpaired) electrons. The van der Waals surface area contributed by atoms with Gasteiger partial charge in [-0.25, -0.2) is 4.98 Å². The average molecular weight is 480 g/mol. The van der Waals surface area contributed by atoms with Gasteiger partial charge in [-0.05, 0) is 60.0 Å². The second-order valence-corrected chi connectivity index (χ2v) is 9.48. The molecular formula is C30H33N5O. The Morgan fingerprint density at radius 1 is 1.08 bits per heavy atom. The third-order valence-corrected chi connectivity index (χ3v) is 6.85. The van der Waals surface area contributed by atoms with Crippen LogP contribution in [0, 0.1) is 0 Å². The summed E-state index contributed by atoms with van der Waals surface area (Å²) in [6.07, 6.45) is 2.87. The van der Waals surface area contributed by atoms with E-state index in [4.69, 9.17) is 5.73 Å². The van der Waals surface area contributed by atoms with E-state index in [0.29, 0.717) is 18.8 Å². The van der Waals surface area contributed by atoms with Crippen molar-refractivity contribution in [2.45, 2.75) is 39.0 Å². The fraction of sp³-hybridized carbons (Fsp3) is 0.267. The van der Waals surface area contributed by atoms with Gasteiger partial charge < -0.3 is 10.6 Å². The molecule has 3 aromatic carbocycles. The largest absolute Gasteiger partial charge is 0.326 e. The molecule has 6 nitrogen and oxygen atoms in total. The SMILES string of the molecule is CCCN(C)Cc1ccccc1-c1ccc(C2NCc3ncn(-c4cccc(CN)c4)c3C2=O)cc1. The van der Waals surface area contributed by atoms with Gasteiger partial charge in [-0.1, -0.05) is 67.6 Å². The maximum Gasteiger partial charge on any atom is 0.202 e. The van der Waals surface area contributed by atoms with Crippen LogP contribution in [0.3, 0.4) is 0 Å². The van der Waals surface area contributed by atoms with Gasteiger partial charge in [0.2, 0.25) is 5.78 Å². The lowest BCUT2D eigenvalue weighted by atomic mass is 9.93. The van der Waals surface area contributed by atoms with E-state index in [-0.39, 0.29) is 5.78 Å². The van der Waals surface area contributed by atoms with Crippen LogP contribution in [0.25, 0.3) is 16.8 Å². The number of nitrogens with zero attached hydrogens (tertiary/aromatic N) is 3. The number of ketones is 1. The Bertz CT molecular complexity index is 1360. The molecule has 1 aliphatic heterocycles. The van der Waals surface area contributed by atoms with Crippen LogP contribution in [0.5, 0.6) is 0 Å². The second kappa shape index (κ2) is 10.6. The normalized spacial score (nSPS) is 15.3. The van der Waals surface area contributed by atoms with Crippen LogP contribution in [-0.4, -0.2) is 33.8 Å². The number of nitrogens with two attached hydrogens (primary N) is 1. The quantitative estimate of drug-likeness (QED) is 0.377. The highest BCUT2D eigenvalue weighted by molar-refractivity contribution is 6.01. The zero-order chi connectivity index (χ0) is 25.1. The molecule has 184 valence electrons. The Morgan fingerprint density at radius 3 is 2.67 bits per heavy atom. The first-order valence-electron chi connectivity index (χ1n) is 12.6. The van der Waals surface area contributed by atoms with Crippen molar-refractivity contribution in [3.05, 3.63) is 107 Å². The topological polar surface area (TPSA) is 76.2 Å². The Labute approximate surface area is 212 Å². The highest BCUT2D eigenvalue weighted by Gasteiger charge is 2.32. The summed E-state index contributed by atoms with van der Waals surface area (Å²) in [4.78, 5) is 20.5. The van der Waals surface area contributed by atoms with Gasteiger partial charge in [-0.2, -0.15) is 0 Å². The third kappa shape index (κ3) is 4.75. The first-order chi connectivity index (χ1) is 17.6. The number of rotatable bonds is 8. The van der Waals surface area contributed by atoms with Gasteiger partial charge in [-0.3, -0.25) is 14.7 Å². The van der Waals surface area contributed by atoms with E-state index in [2.05, 4.69) is 77.7 Å². The molecule has 3 N–H and O–H groups in total. The Kier molecular flexibility index (Phi) is 7.09. The Morgan fingerprint density at radius 2 is 1.89 bits per heavy atom. The first kappa shape index (κ1) is 24.1. The summed E-state index contributed by atoms with van der Waals surface area (Å²) in [5.74, 6) is 0.0289. The van der Waals surface area contributed by atoms with Crippen molar-refractivity contribution in [1.82, 2.24) is 19.8 Å². The predicted octanol–water partition coefficient (Wildman–Crippen LogP) is 4.87. The fourth-order valence-electron chi connectivity index (χ4n) is 5.05. The van der Waals surface area contributed by atoms with Gasteiger partial charge in [0.15, 0.2) is 0 Å². The fourth-order valence-corrected chi connectivity index (χ4v) is 5.05. The third-order valence-electron chi connectivity index (χ3n) is 6.85.